The van der Waals surface area contributed by atoms with Crippen LogP contribution in [0.2, 0.25) is 0 Å². The van der Waals surface area contributed by atoms with E-state index >= 15 is 0 Å². The van der Waals surface area contributed by atoms with Crippen LogP contribution >= 0.6 is 11.6 Å². The first kappa shape index (κ1) is 10.9. The van der Waals surface area contributed by atoms with Gasteiger partial charge in [0.05, 0.1) is 6.20 Å². The number of nitrogens with zero attached hydrogens (tertiary/aromatic N) is 2. The first-order chi connectivity index (χ1) is 6.83. The standard InChI is InChI=1S/C9H12ClN3O/c10-4-2-1-3-9(14)13-8-7-11-5-6-12-8/h5-7H,1-4H2,(H,12,13,14). The number of hydrogen-bond donors (Lipinski definition) is 1. The lowest BCUT2D eigenvalue weighted by Gasteiger charge is -2.02. The van der Waals surface area contributed by atoms with Gasteiger partial charge >= 0.3 is 0 Å². The van der Waals surface area contributed by atoms with Crippen molar-refractivity contribution in [1.29, 1.82) is 0 Å². The Bertz CT molecular complexity index is 279. The minimum Gasteiger partial charge on any atom is -0.309 e. The molecule has 0 spiro atoms. The van der Waals surface area contributed by atoms with Crippen LogP contribution in [0.4, 0.5) is 5.82 Å². The van der Waals surface area contributed by atoms with E-state index in [2.05, 4.69) is 15.3 Å². The summed E-state index contributed by atoms with van der Waals surface area (Å²) < 4.78 is 0. The number of rotatable bonds is 5. The molecular weight excluding hydrogens is 202 g/mol. The summed E-state index contributed by atoms with van der Waals surface area (Å²) in [6.07, 6.45) is 6.74. The summed E-state index contributed by atoms with van der Waals surface area (Å²) in [6.45, 7) is 0. The van der Waals surface area contributed by atoms with Gasteiger partial charge in [0, 0.05) is 24.7 Å². The van der Waals surface area contributed by atoms with Gasteiger partial charge in [0.25, 0.3) is 0 Å². The Hall–Kier alpha value is -1.16. The average Bonchev–Trinajstić information content (AvgIpc) is 2.20. The highest BCUT2D eigenvalue weighted by atomic mass is 35.5. The topological polar surface area (TPSA) is 54.9 Å². The lowest BCUT2D eigenvalue weighted by atomic mass is 10.2. The number of amides is 1. The predicted molar refractivity (Wildman–Crippen MR) is 55.2 cm³/mol. The van der Waals surface area contributed by atoms with Gasteiger partial charge in [-0.15, -0.1) is 11.6 Å². The zero-order chi connectivity index (χ0) is 10.2. The highest BCUT2D eigenvalue weighted by Gasteiger charge is 2.01. The molecule has 0 saturated heterocycles. The number of hydrogen-bond acceptors (Lipinski definition) is 3. The molecule has 0 atom stereocenters. The maximum absolute atomic E-state index is 11.3. The van der Waals surface area contributed by atoms with Gasteiger partial charge in [-0.2, -0.15) is 0 Å². The van der Waals surface area contributed by atoms with Gasteiger partial charge < -0.3 is 5.32 Å². The summed E-state index contributed by atoms with van der Waals surface area (Å²) in [7, 11) is 0. The van der Waals surface area contributed by atoms with Gasteiger partial charge in [0.1, 0.15) is 0 Å². The predicted octanol–water partition coefficient (Wildman–Crippen LogP) is 1.82. The molecule has 0 aliphatic heterocycles. The van der Waals surface area contributed by atoms with E-state index in [0.29, 0.717) is 18.1 Å². The lowest BCUT2D eigenvalue weighted by Crippen LogP contribution is -2.12. The van der Waals surface area contributed by atoms with E-state index in [9.17, 15) is 4.79 Å². The Morgan fingerprint density at radius 2 is 2.29 bits per heavy atom. The van der Waals surface area contributed by atoms with Crippen molar-refractivity contribution in [1.82, 2.24) is 9.97 Å². The van der Waals surface area contributed by atoms with Crippen molar-refractivity contribution in [3.63, 3.8) is 0 Å². The number of carbonyl (C=O) groups is 1. The van der Waals surface area contributed by atoms with Crippen molar-refractivity contribution in [2.75, 3.05) is 11.2 Å². The third kappa shape index (κ3) is 4.18. The van der Waals surface area contributed by atoms with Crippen LogP contribution < -0.4 is 5.32 Å². The van der Waals surface area contributed by atoms with Crippen molar-refractivity contribution < 1.29 is 4.79 Å². The van der Waals surface area contributed by atoms with E-state index < -0.39 is 0 Å². The smallest absolute Gasteiger partial charge is 0.225 e. The van der Waals surface area contributed by atoms with Crippen LogP contribution in [0.5, 0.6) is 0 Å². The molecular formula is C9H12ClN3O. The van der Waals surface area contributed by atoms with Crippen molar-refractivity contribution in [3.05, 3.63) is 18.6 Å². The molecule has 14 heavy (non-hydrogen) atoms. The fourth-order valence-electron chi connectivity index (χ4n) is 0.949. The van der Waals surface area contributed by atoms with Gasteiger partial charge in [-0.25, -0.2) is 4.98 Å². The summed E-state index contributed by atoms with van der Waals surface area (Å²) in [4.78, 5) is 19.0. The number of carbonyl (C=O) groups excluding carboxylic acids is 1. The summed E-state index contributed by atoms with van der Waals surface area (Å²) in [5.41, 5.74) is 0. The van der Waals surface area contributed by atoms with Crippen molar-refractivity contribution in [2.45, 2.75) is 19.3 Å². The number of nitrogens with one attached hydrogen (secondary N) is 1. The highest BCUT2D eigenvalue weighted by Crippen LogP contribution is 2.02. The van der Waals surface area contributed by atoms with Crippen LogP contribution in [-0.2, 0) is 4.79 Å². The van der Waals surface area contributed by atoms with Crippen molar-refractivity contribution in [3.8, 4) is 0 Å². The fourth-order valence-corrected chi connectivity index (χ4v) is 1.14. The van der Waals surface area contributed by atoms with E-state index in [1.807, 2.05) is 0 Å². The molecule has 1 rings (SSSR count). The van der Waals surface area contributed by atoms with Crippen LogP contribution in [0, 0.1) is 0 Å². The Morgan fingerprint density at radius 1 is 1.43 bits per heavy atom. The second kappa shape index (κ2) is 6.32. The third-order valence-electron chi connectivity index (χ3n) is 1.62. The zero-order valence-electron chi connectivity index (χ0n) is 7.74. The van der Waals surface area contributed by atoms with Gasteiger partial charge in [0.15, 0.2) is 5.82 Å². The molecule has 4 nitrogen and oxygen atoms in total. The van der Waals surface area contributed by atoms with Crippen molar-refractivity contribution in [2.24, 2.45) is 0 Å². The number of anilines is 1. The molecule has 5 heteroatoms. The van der Waals surface area contributed by atoms with Crippen LogP contribution in [0.1, 0.15) is 19.3 Å². The quantitative estimate of drug-likeness (QED) is 0.600. The van der Waals surface area contributed by atoms with E-state index in [1.165, 1.54) is 12.4 Å². The molecule has 0 radical (unpaired) electrons. The second-order valence-electron chi connectivity index (χ2n) is 2.78. The van der Waals surface area contributed by atoms with Gasteiger partial charge in [-0.05, 0) is 12.8 Å². The van der Waals surface area contributed by atoms with Gasteiger partial charge in [-0.3, -0.25) is 9.78 Å². The molecule has 1 aromatic heterocycles. The number of alkyl halides is 1. The third-order valence-corrected chi connectivity index (χ3v) is 1.89. The molecule has 0 aromatic carbocycles. The fraction of sp³-hybridized carbons (Fsp3) is 0.444. The number of halogens is 1. The molecule has 0 aliphatic carbocycles. The van der Waals surface area contributed by atoms with Crippen LogP contribution in [-0.4, -0.2) is 21.8 Å². The minimum absolute atomic E-state index is 0.0457. The highest BCUT2D eigenvalue weighted by molar-refractivity contribution is 6.17. The minimum atomic E-state index is -0.0457. The average molecular weight is 214 g/mol. The SMILES string of the molecule is O=C(CCCCCl)Nc1cnccn1. The molecule has 1 heterocycles. The monoisotopic (exact) mass is 213 g/mol. The first-order valence-electron chi connectivity index (χ1n) is 4.45. The van der Waals surface area contributed by atoms with E-state index in [-0.39, 0.29) is 5.91 Å². The summed E-state index contributed by atoms with van der Waals surface area (Å²) in [5.74, 6) is 1.04. The number of aromatic nitrogens is 2. The van der Waals surface area contributed by atoms with Gasteiger partial charge in [0.2, 0.25) is 5.91 Å². The van der Waals surface area contributed by atoms with E-state index in [1.54, 1.807) is 6.20 Å². The lowest BCUT2D eigenvalue weighted by molar-refractivity contribution is -0.116. The maximum Gasteiger partial charge on any atom is 0.225 e. The largest absolute Gasteiger partial charge is 0.309 e. The molecule has 0 fully saturated rings. The van der Waals surface area contributed by atoms with Crippen LogP contribution in [0.3, 0.4) is 0 Å². The molecule has 1 N–H and O–H groups in total. The van der Waals surface area contributed by atoms with Gasteiger partial charge in [-0.1, -0.05) is 0 Å². The Kier molecular flexibility index (Phi) is 4.93. The first-order valence-corrected chi connectivity index (χ1v) is 4.98. The molecule has 0 aliphatic rings. The molecule has 0 unspecified atom stereocenters. The summed E-state index contributed by atoms with van der Waals surface area (Å²) >= 11 is 5.49. The number of unbranched alkanes of at least 4 members (excludes halogenated alkanes) is 1. The summed E-state index contributed by atoms with van der Waals surface area (Å²) in [5, 5.41) is 2.65. The molecule has 1 aromatic rings. The van der Waals surface area contributed by atoms with E-state index in [4.69, 9.17) is 11.6 Å². The normalized spacial score (nSPS) is 9.79. The van der Waals surface area contributed by atoms with Crippen molar-refractivity contribution >= 4 is 23.3 Å². The summed E-state index contributed by atoms with van der Waals surface area (Å²) in [6, 6.07) is 0. The van der Waals surface area contributed by atoms with Crippen LogP contribution in [0.15, 0.2) is 18.6 Å². The Balaban J connectivity index is 2.27. The molecule has 0 saturated carbocycles. The molecule has 76 valence electrons. The van der Waals surface area contributed by atoms with E-state index in [0.717, 1.165) is 12.8 Å². The molecule has 0 bridgehead atoms. The van der Waals surface area contributed by atoms with Crippen LogP contribution in [0.25, 0.3) is 0 Å². The molecule has 1 amide bonds. The maximum atomic E-state index is 11.3. The zero-order valence-corrected chi connectivity index (χ0v) is 8.50. The Labute approximate surface area is 87.7 Å². The second-order valence-corrected chi connectivity index (χ2v) is 3.16. The Morgan fingerprint density at radius 3 is 2.93 bits per heavy atom.